The molecule has 6 heavy (non-hydrogen) atoms. The lowest BCUT2D eigenvalue weighted by atomic mass is 10.6. The Labute approximate surface area is 37.7 Å². The molecule has 0 aliphatic carbocycles. The SMILES string of the molecule is C=C=C(C)N=C. The lowest BCUT2D eigenvalue weighted by Gasteiger charge is -1.73. The molecule has 0 rings (SSSR count). The van der Waals surface area contributed by atoms with E-state index in [2.05, 4.69) is 24.0 Å². The van der Waals surface area contributed by atoms with Crippen molar-refractivity contribution < 1.29 is 0 Å². The van der Waals surface area contributed by atoms with Crippen molar-refractivity contribution in [1.82, 2.24) is 0 Å². The van der Waals surface area contributed by atoms with Crippen molar-refractivity contribution in [2.45, 2.75) is 6.92 Å². The van der Waals surface area contributed by atoms with E-state index < -0.39 is 0 Å². The maximum Gasteiger partial charge on any atom is 0.0776 e. The number of nitrogens with zero attached hydrogens (tertiary/aromatic N) is 1. The normalized spacial score (nSPS) is 6.17. The largest absolute Gasteiger partial charge is 0.261 e. The summed E-state index contributed by atoms with van der Waals surface area (Å²) >= 11 is 0. The van der Waals surface area contributed by atoms with Gasteiger partial charge in [-0.25, -0.2) is 0 Å². The Morgan fingerprint density at radius 2 is 2.33 bits per heavy atom. The molecule has 0 saturated carbocycles. The van der Waals surface area contributed by atoms with Crippen LogP contribution >= 0.6 is 0 Å². The van der Waals surface area contributed by atoms with Crippen LogP contribution in [0, 0.1) is 0 Å². The minimum absolute atomic E-state index is 0.745. The van der Waals surface area contributed by atoms with Crippen LogP contribution < -0.4 is 0 Å². The van der Waals surface area contributed by atoms with Crippen molar-refractivity contribution in [1.29, 1.82) is 0 Å². The second kappa shape index (κ2) is 2.43. The first kappa shape index (κ1) is 5.19. The van der Waals surface area contributed by atoms with Crippen LogP contribution in [0.1, 0.15) is 6.92 Å². The van der Waals surface area contributed by atoms with Crippen molar-refractivity contribution in [2.75, 3.05) is 0 Å². The fourth-order valence-corrected chi connectivity index (χ4v) is 0.0559. The van der Waals surface area contributed by atoms with E-state index in [1.165, 1.54) is 0 Å². The van der Waals surface area contributed by atoms with Gasteiger partial charge in [0.15, 0.2) is 0 Å². The van der Waals surface area contributed by atoms with Gasteiger partial charge >= 0.3 is 0 Å². The van der Waals surface area contributed by atoms with E-state index in [9.17, 15) is 0 Å². The highest BCUT2D eigenvalue weighted by Crippen LogP contribution is 1.83. The summed E-state index contributed by atoms with van der Waals surface area (Å²) in [4.78, 5) is 3.50. The summed E-state index contributed by atoms with van der Waals surface area (Å²) in [6.45, 7) is 8.37. The van der Waals surface area contributed by atoms with Gasteiger partial charge in [0.2, 0.25) is 0 Å². The molecule has 0 amide bonds. The third-order valence-corrected chi connectivity index (χ3v) is 0.493. The maximum atomic E-state index is 3.50. The van der Waals surface area contributed by atoms with Crippen molar-refractivity contribution in [2.24, 2.45) is 4.99 Å². The minimum atomic E-state index is 0.745. The summed E-state index contributed by atoms with van der Waals surface area (Å²) in [5.41, 5.74) is 3.30. The highest BCUT2D eigenvalue weighted by molar-refractivity contribution is 5.27. The van der Waals surface area contributed by atoms with Crippen LogP contribution in [0.15, 0.2) is 23.0 Å². The highest BCUT2D eigenvalue weighted by atomic mass is 14.7. The van der Waals surface area contributed by atoms with E-state index in [0.717, 1.165) is 5.70 Å². The Morgan fingerprint density at radius 3 is 2.33 bits per heavy atom. The lowest BCUT2D eigenvalue weighted by Crippen LogP contribution is -1.54. The van der Waals surface area contributed by atoms with Gasteiger partial charge in [0.25, 0.3) is 0 Å². The van der Waals surface area contributed by atoms with Crippen LogP contribution in [0.3, 0.4) is 0 Å². The molecule has 0 atom stereocenters. The summed E-state index contributed by atoms with van der Waals surface area (Å²) in [7, 11) is 0. The van der Waals surface area contributed by atoms with Gasteiger partial charge < -0.3 is 0 Å². The molecule has 1 heteroatoms. The molecule has 0 bridgehead atoms. The predicted molar refractivity (Wildman–Crippen MR) is 27.9 cm³/mol. The first-order valence-corrected chi connectivity index (χ1v) is 1.64. The number of hydrogen-bond acceptors (Lipinski definition) is 1. The molecule has 0 saturated heterocycles. The van der Waals surface area contributed by atoms with E-state index in [1.54, 1.807) is 6.92 Å². The van der Waals surface area contributed by atoms with Crippen LogP contribution in [-0.4, -0.2) is 6.72 Å². The molecular formula is C5H7N. The number of rotatable bonds is 1. The third kappa shape index (κ3) is 1.50. The smallest absolute Gasteiger partial charge is 0.0776 e. The van der Waals surface area contributed by atoms with E-state index in [0.29, 0.717) is 0 Å². The third-order valence-electron chi connectivity index (χ3n) is 0.493. The molecule has 0 radical (unpaired) electrons. The van der Waals surface area contributed by atoms with Gasteiger partial charge in [-0.3, -0.25) is 4.99 Å². The molecule has 0 aromatic carbocycles. The average Bonchev–Trinajstić information content (AvgIpc) is 1.65. The summed E-state index contributed by atoms with van der Waals surface area (Å²) in [6.07, 6.45) is 0. The molecule has 0 aromatic rings. The average molecular weight is 81.1 g/mol. The Hall–Kier alpha value is -0.810. The van der Waals surface area contributed by atoms with Crippen LogP contribution in [0.25, 0.3) is 0 Å². The minimum Gasteiger partial charge on any atom is -0.261 e. The Balaban J connectivity index is 3.86. The second-order valence-electron chi connectivity index (χ2n) is 0.920. The van der Waals surface area contributed by atoms with Crippen molar-refractivity contribution in [3.05, 3.63) is 18.0 Å². The van der Waals surface area contributed by atoms with E-state index in [1.807, 2.05) is 0 Å². The lowest BCUT2D eigenvalue weighted by molar-refractivity contribution is 1.34. The summed E-state index contributed by atoms with van der Waals surface area (Å²) < 4.78 is 0. The summed E-state index contributed by atoms with van der Waals surface area (Å²) in [6, 6.07) is 0. The van der Waals surface area contributed by atoms with Crippen LogP contribution in [0.5, 0.6) is 0 Å². The van der Waals surface area contributed by atoms with Gasteiger partial charge in [0.05, 0.1) is 5.70 Å². The first-order chi connectivity index (χ1) is 2.81. The first-order valence-electron chi connectivity index (χ1n) is 1.64. The summed E-state index contributed by atoms with van der Waals surface area (Å²) in [5, 5.41) is 0. The van der Waals surface area contributed by atoms with Gasteiger partial charge in [-0.15, -0.1) is 5.73 Å². The standard InChI is InChI=1S/C5H7N/c1-4-5(2)6-3/h1,3H2,2H3. The molecule has 1 nitrogen and oxygen atoms in total. The van der Waals surface area contributed by atoms with Crippen molar-refractivity contribution >= 4 is 6.72 Å². The molecule has 0 spiro atoms. The van der Waals surface area contributed by atoms with Gasteiger partial charge in [-0.1, -0.05) is 6.58 Å². The summed E-state index contributed by atoms with van der Waals surface area (Å²) in [5.74, 6) is 0. The highest BCUT2D eigenvalue weighted by Gasteiger charge is 1.65. The van der Waals surface area contributed by atoms with Crippen LogP contribution in [0.2, 0.25) is 0 Å². The van der Waals surface area contributed by atoms with E-state index in [4.69, 9.17) is 0 Å². The van der Waals surface area contributed by atoms with Gasteiger partial charge in [0, 0.05) is 0 Å². The molecule has 0 aliphatic rings. The fourth-order valence-electron chi connectivity index (χ4n) is 0.0559. The Kier molecular flexibility index (Phi) is 2.10. The predicted octanol–water partition coefficient (Wildman–Crippen LogP) is 1.38. The number of allylic oxidation sites excluding steroid dienone is 1. The van der Waals surface area contributed by atoms with E-state index >= 15 is 0 Å². The number of aliphatic imine (C=N–C) groups is 1. The Bertz CT molecular complexity index is 96.5. The van der Waals surface area contributed by atoms with Crippen LogP contribution in [0.4, 0.5) is 0 Å². The molecule has 0 aliphatic heterocycles. The Morgan fingerprint density at radius 1 is 1.83 bits per heavy atom. The van der Waals surface area contributed by atoms with Crippen LogP contribution in [-0.2, 0) is 0 Å². The molecule has 0 heterocycles. The van der Waals surface area contributed by atoms with Gasteiger partial charge in [0.1, 0.15) is 0 Å². The number of hydrogen-bond donors (Lipinski definition) is 0. The molecule has 0 fully saturated rings. The second-order valence-corrected chi connectivity index (χ2v) is 0.920. The van der Waals surface area contributed by atoms with Gasteiger partial charge in [-0.05, 0) is 13.6 Å². The molecule has 0 N–H and O–H groups in total. The zero-order valence-corrected chi connectivity index (χ0v) is 3.86. The topological polar surface area (TPSA) is 12.4 Å². The van der Waals surface area contributed by atoms with Gasteiger partial charge in [-0.2, -0.15) is 0 Å². The quantitative estimate of drug-likeness (QED) is 0.334. The van der Waals surface area contributed by atoms with Crippen molar-refractivity contribution in [3.8, 4) is 0 Å². The zero-order chi connectivity index (χ0) is 4.99. The van der Waals surface area contributed by atoms with E-state index in [-0.39, 0.29) is 0 Å². The van der Waals surface area contributed by atoms with Crippen molar-refractivity contribution in [3.63, 3.8) is 0 Å². The molecule has 0 unspecified atom stereocenters. The fraction of sp³-hybridized carbons (Fsp3) is 0.200. The maximum absolute atomic E-state index is 3.50. The molecule has 32 valence electrons. The monoisotopic (exact) mass is 81.1 g/mol. The molecular weight excluding hydrogens is 74.1 g/mol. The molecule has 0 aromatic heterocycles. The zero-order valence-electron chi connectivity index (χ0n) is 3.86.